The van der Waals surface area contributed by atoms with Crippen LogP contribution in [0, 0.1) is 0 Å². The van der Waals surface area contributed by atoms with Gasteiger partial charge in [-0.1, -0.05) is 224 Å². The molecule has 0 heterocycles. The van der Waals surface area contributed by atoms with E-state index in [1.54, 1.807) is 0 Å². The number of hydrogen-bond acceptors (Lipinski definition) is 2. The third kappa shape index (κ3) is 9.81. The molecule has 0 aliphatic carbocycles. The molecular weight excluding hydrogens is 893 g/mol. The number of rotatable bonds is 13. The quantitative estimate of drug-likeness (QED) is 0.114. The van der Waals surface area contributed by atoms with E-state index in [0.29, 0.717) is 0 Å². The van der Waals surface area contributed by atoms with Gasteiger partial charge in [-0.2, -0.15) is 0 Å². The molecule has 0 saturated heterocycles. The molecule has 350 valence electrons. The maximum absolute atomic E-state index is 2.36. The highest BCUT2D eigenvalue weighted by atomic mass is 15.1. The summed E-state index contributed by atoms with van der Waals surface area (Å²) in [5.74, 6) is 0. The Morgan fingerprint density at radius 2 is 0.324 bits per heavy atom. The summed E-state index contributed by atoms with van der Waals surface area (Å²) in [6, 6.07) is 114. The Morgan fingerprint density at radius 1 is 0.122 bits per heavy atom. The van der Waals surface area contributed by atoms with Gasteiger partial charge in [-0.15, -0.1) is 0 Å². The summed E-state index contributed by atoms with van der Waals surface area (Å²) in [6.07, 6.45) is 0. The highest BCUT2D eigenvalue weighted by molar-refractivity contribution is 5.87. The zero-order valence-corrected chi connectivity index (χ0v) is 40.9. The normalized spacial score (nSPS) is 11.0. The Bertz CT molecular complexity index is 3580. The lowest BCUT2D eigenvalue weighted by Gasteiger charge is -2.27. The van der Waals surface area contributed by atoms with Crippen molar-refractivity contribution in [3.05, 3.63) is 315 Å². The summed E-state index contributed by atoms with van der Waals surface area (Å²) < 4.78 is 0. The average molecular weight is 945 g/mol. The van der Waals surface area contributed by atoms with E-state index in [1.165, 1.54) is 50.1 Å². The van der Waals surface area contributed by atoms with Crippen LogP contribution in [0.4, 0.5) is 34.1 Å². The first-order valence-electron chi connectivity index (χ1n) is 25.3. The molecule has 12 rings (SSSR count). The highest BCUT2D eigenvalue weighted by Crippen LogP contribution is 2.42. The van der Waals surface area contributed by atoms with Crippen LogP contribution in [0.25, 0.3) is 77.9 Å². The first-order valence-corrected chi connectivity index (χ1v) is 25.3. The number of nitrogens with zero attached hydrogens (tertiary/aromatic N) is 2. The highest BCUT2D eigenvalue weighted by Gasteiger charge is 2.18. The number of benzene rings is 12. The first kappa shape index (κ1) is 45.4. The van der Waals surface area contributed by atoms with Crippen LogP contribution >= 0.6 is 0 Å². The van der Waals surface area contributed by atoms with E-state index in [4.69, 9.17) is 0 Å². The monoisotopic (exact) mass is 944 g/mol. The third-order valence-electron chi connectivity index (χ3n) is 13.9. The third-order valence-corrected chi connectivity index (χ3v) is 13.9. The molecule has 2 nitrogen and oxygen atoms in total. The Balaban J connectivity index is 0.921. The molecule has 0 N–H and O–H groups in total. The predicted molar refractivity (Wildman–Crippen MR) is 314 cm³/mol. The van der Waals surface area contributed by atoms with Gasteiger partial charge in [0.1, 0.15) is 0 Å². The van der Waals surface area contributed by atoms with E-state index in [-0.39, 0.29) is 0 Å². The molecule has 12 aromatic carbocycles. The van der Waals surface area contributed by atoms with Crippen LogP contribution in [-0.4, -0.2) is 0 Å². The van der Waals surface area contributed by atoms with Crippen molar-refractivity contribution < 1.29 is 0 Å². The molecule has 0 bridgehead atoms. The molecule has 74 heavy (non-hydrogen) atoms. The van der Waals surface area contributed by atoms with E-state index < -0.39 is 0 Å². The van der Waals surface area contributed by atoms with Crippen LogP contribution in [0.2, 0.25) is 0 Å². The van der Waals surface area contributed by atoms with Crippen LogP contribution in [-0.2, 0) is 0 Å². The predicted octanol–water partition coefficient (Wildman–Crippen LogP) is 20.3. The van der Waals surface area contributed by atoms with Crippen molar-refractivity contribution in [1.82, 2.24) is 0 Å². The van der Waals surface area contributed by atoms with Gasteiger partial charge >= 0.3 is 0 Å². The van der Waals surface area contributed by atoms with Gasteiger partial charge in [0, 0.05) is 34.1 Å². The Morgan fingerprint density at radius 3 is 0.608 bits per heavy atom. The van der Waals surface area contributed by atoms with E-state index in [9.17, 15) is 0 Å². The second-order valence-electron chi connectivity index (χ2n) is 18.6. The lowest BCUT2D eigenvalue weighted by Crippen LogP contribution is -2.10. The number of hydrogen-bond donors (Lipinski definition) is 0. The topological polar surface area (TPSA) is 6.48 Å². The van der Waals surface area contributed by atoms with E-state index in [0.717, 1.165) is 61.9 Å². The van der Waals surface area contributed by atoms with Crippen molar-refractivity contribution in [2.45, 2.75) is 0 Å². The second-order valence-corrected chi connectivity index (χ2v) is 18.6. The molecule has 0 aliphatic rings. The van der Waals surface area contributed by atoms with E-state index >= 15 is 0 Å². The molecule has 2 heteroatoms. The maximum Gasteiger partial charge on any atom is 0.0467 e. The van der Waals surface area contributed by atoms with Gasteiger partial charge < -0.3 is 9.80 Å². The molecule has 12 aromatic rings. The van der Waals surface area contributed by atoms with Gasteiger partial charge in [0.2, 0.25) is 0 Å². The summed E-state index contributed by atoms with van der Waals surface area (Å²) in [5, 5.41) is 0. The fourth-order valence-corrected chi connectivity index (χ4v) is 10.0. The van der Waals surface area contributed by atoms with Gasteiger partial charge in [-0.25, -0.2) is 0 Å². The van der Waals surface area contributed by atoms with Crippen molar-refractivity contribution in [1.29, 1.82) is 0 Å². The van der Waals surface area contributed by atoms with Gasteiger partial charge in [0.05, 0.1) is 0 Å². The molecule has 0 spiro atoms. The number of anilines is 6. The molecule has 0 radical (unpaired) electrons. The van der Waals surface area contributed by atoms with Gasteiger partial charge in [0.15, 0.2) is 0 Å². The SMILES string of the molecule is c1ccc(-c2ccc(N(c3ccc(-c4ccccc4)cc3)c3ccc(-c4cc(-c5ccccc5)cc(-c5cccc(N(c6ccc(-c7ccccc7)cc6)c6ccc(-c7ccccc7)cc6)c5)c4)cc3)cc2)cc1. The summed E-state index contributed by atoms with van der Waals surface area (Å²) in [4.78, 5) is 4.71. The summed E-state index contributed by atoms with van der Waals surface area (Å²) >= 11 is 0. The fourth-order valence-electron chi connectivity index (χ4n) is 10.0. The van der Waals surface area contributed by atoms with Crippen LogP contribution in [0.1, 0.15) is 0 Å². The van der Waals surface area contributed by atoms with Gasteiger partial charge in [-0.3, -0.25) is 0 Å². The molecule has 0 unspecified atom stereocenters. The molecule has 0 saturated carbocycles. The van der Waals surface area contributed by atoms with Crippen LogP contribution < -0.4 is 9.80 Å². The lowest BCUT2D eigenvalue weighted by molar-refractivity contribution is 1.28. The maximum atomic E-state index is 2.36. The minimum absolute atomic E-state index is 1.08. The van der Waals surface area contributed by atoms with E-state index in [2.05, 4.69) is 325 Å². The van der Waals surface area contributed by atoms with Gasteiger partial charge in [0.25, 0.3) is 0 Å². The summed E-state index contributed by atoms with van der Waals surface area (Å²) in [6.45, 7) is 0. The van der Waals surface area contributed by atoms with Crippen molar-refractivity contribution >= 4 is 34.1 Å². The van der Waals surface area contributed by atoms with Crippen molar-refractivity contribution in [2.75, 3.05) is 9.80 Å². The largest absolute Gasteiger partial charge is 0.311 e. The zero-order valence-electron chi connectivity index (χ0n) is 40.9. The summed E-state index contributed by atoms with van der Waals surface area (Å²) in [7, 11) is 0. The zero-order chi connectivity index (χ0) is 49.5. The first-order chi connectivity index (χ1) is 36.7. The molecular formula is C72H52N2. The van der Waals surface area contributed by atoms with E-state index in [1.807, 2.05) is 0 Å². The molecule has 0 atom stereocenters. The molecule has 0 aromatic heterocycles. The standard InChI is InChI=1S/C72H52N2/c1-6-17-53(18-7-1)58-29-39-67(40-30-58)73(68-41-31-59(32-42-68)54-19-8-2-9-20-54)69-47-37-62(38-48-69)65-49-64(57-25-14-5-15-26-57)50-66(51-65)63-27-16-28-72(52-63)74(70-43-33-60(34-44-70)55-21-10-3-11-22-55)71-45-35-61(36-46-71)56-23-12-4-13-24-56/h1-52H. The van der Waals surface area contributed by atoms with Crippen LogP contribution in [0.5, 0.6) is 0 Å². The van der Waals surface area contributed by atoms with Crippen molar-refractivity contribution in [3.8, 4) is 77.9 Å². The minimum atomic E-state index is 1.08. The molecule has 0 amide bonds. The molecule has 0 fully saturated rings. The van der Waals surface area contributed by atoms with Crippen molar-refractivity contribution in [3.63, 3.8) is 0 Å². The van der Waals surface area contributed by atoms with Crippen LogP contribution in [0.15, 0.2) is 315 Å². The Hall–Kier alpha value is -9.76. The van der Waals surface area contributed by atoms with Crippen LogP contribution in [0.3, 0.4) is 0 Å². The average Bonchev–Trinajstić information content (AvgIpc) is 3.49. The fraction of sp³-hybridized carbons (Fsp3) is 0. The Kier molecular flexibility index (Phi) is 12.8. The Labute approximate surface area is 435 Å². The smallest absolute Gasteiger partial charge is 0.0467 e. The summed E-state index contributed by atoms with van der Waals surface area (Å²) in [5.41, 5.74) is 22.9. The second kappa shape index (κ2) is 20.9. The minimum Gasteiger partial charge on any atom is -0.311 e. The van der Waals surface area contributed by atoms with Crippen molar-refractivity contribution in [2.24, 2.45) is 0 Å². The molecule has 0 aliphatic heterocycles. The van der Waals surface area contributed by atoms with Gasteiger partial charge in [-0.05, 0) is 169 Å². The lowest BCUT2D eigenvalue weighted by atomic mass is 9.93.